The summed E-state index contributed by atoms with van der Waals surface area (Å²) in [5.41, 5.74) is -1.08. The summed E-state index contributed by atoms with van der Waals surface area (Å²) in [5, 5.41) is 28.9. The molecule has 4 nitrogen and oxygen atoms in total. The van der Waals surface area contributed by atoms with E-state index in [1.165, 1.54) is 0 Å². The number of rotatable bonds is 8. The summed E-state index contributed by atoms with van der Waals surface area (Å²) < 4.78 is 0. The fourth-order valence-electron chi connectivity index (χ4n) is 2.98. The Balaban J connectivity index is 2.41. The van der Waals surface area contributed by atoms with Crippen LogP contribution in [-0.2, 0) is 4.79 Å². The van der Waals surface area contributed by atoms with Crippen molar-refractivity contribution in [3.05, 3.63) is 12.2 Å². The number of carboxylic acids is 1. The number of carbonyl (C=O) groups is 1. The van der Waals surface area contributed by atoms with E-state index in [1.54, 1.807) is 0 Å². The van der Waals surface area contributed by atoms with Gasteiger partial charge in [0.15, 0.2) is 0 Å². The van der Waals surface area contributed by atoms with Crippen LogP contribution >= 0.6 is 0 Å². The Kier molecular flexibility index (Phi) is 7.24. The van der Waals surface area contributed by atoms with Crippen LogP contribution in [0.3, 0.4) is 0 Å². The molecule has 0 aromatic heterocycles. The van der Waals surface area contributed by atoms with Crippen molar-refractivity contribution in [2.45, 2.75) is 76.4 Å². The van der Waals surface area contributed by atoms with Crippen LogP contribution in [0.15, 0.2) is 12.2 Å². The van der Waals surface area contributed by atoms with Crippen LogP contribution < -0.4 is 0 Å². The van der Waals surface area contributed by atoms with Gasteiger partial charge in [0, 0.05) is 0 Å². The van der Waals surface area contributed by atoms with Gasteiger partial charge in [-0.25, -0.2) is 0 Å². The van der Waals surface area contributed by atoms with E-state index in [0.29, 0.717) is 12.8 Å². The summed E-state index contributed by atoms with van der Waals surface area (Å²) in [6.07, 6.45) is 10.1. The van der Waals surface area contributed by atoms with Gasteiger partial charge in [-0.05, 0) is 38.0 Å². The summed E-state index contributed by atoms with van der Waals surface area (Å²) >= 11 is 0. The number of aliphatic hydroxyl groups is 2. The minimum Gasteiger partial charge on any atom is -0.481 e. The van der Waals surface area contributed by atoms with E-state index in [0.717, 1.165) is 38.5 Å². The number of carboxylic acid groups (broad SMARTS) is 1. The molecule has 0 amide bonds. The summed E-state index contributed by atoms with van der Waals surface area (Å²) in [7, 11) is 0. The van der Waals surface area contributed by atoms with Gasteiger partial charge >= 0.3 is 5.97 Å². The maximum Gasteiger partial charge on any atom is 0.306 e. The van der Waals surface area contributed by atoms with Crippen molar-refractivity contribution in [1.29, 1.82) is 0 Å². The maximum atomic E-state index is 10.8. The molecule has 0 aromatic carbocycles. The third-order valence-electron chi connectivity index (χ3n) is 4.05. The Hall–Kier alpha value is -0.870. The molecule has 0 aromatic rings. The normalized spacial score (nSPS) is 28.6. The van der Waals surface area contributed by atoms with Gasteiger partial charge in [-0.1, -0.05) is 38.3 Å². The lowest BCUT2D eigenvalue weighted by Gasteiger charge is -2.34. The minimum absolute atomic E-state index is 0.175. The first-order chi connectivity index (χ1) is 9.45. The molecule has 116 valence electrons. The zero-order chi connectivity index (χ0) is 15.0. The van der Waals surface area contributed by atoms with Crippen molar-refractivity contribution in [2.24, 2.45) is 5.92 Å². The van der Waals surface area contributed by atoms with Gasteiger partial charge < -0.3 is 15.3 Å². The van der Waals surface area contributed by atoms with E-state index < -0.39 is 17.7 Å². The van der Waals surface area contributed by atoms with Crippen molar-refractivity contribution < 1.29 is 20.1 Å². The lowest BCUT2D eigenvalue weighted by atomic mass is 9.76. The van der Waals surface area contributed by atoms with Crippen LogP contribution in [0, 0.1) is 5.92 Å². The topological polar surface area (TPSA) is 77.8 Å². The second kappa shape index (κ2) is 8.42. The van der Waals surface area contributed by atoms with Crippen molar-refractivity contribution in [2.75, 3.05) is 0 Å². The van der Waals surface area contributed by atoms with E-state index in [9.17, 15) is 15.0 Å². The molecule has 20 heavy (non-hydrogen) atoms. The Morgan fingerprint density at radius 1 is 1.45 bits per heavy atom. The zero-order valence-electron chi connectivity index (χ0n) is 12.4. The van der Waals surface area contributed by atoms with Crippen LogP contribution in [0.1, 0.15) is 64.7 Å². The number of unbranched alkanes of at least 4 members (excludes halogenated alkanes) is 2. The van der Waals surface area contributed by atoms with Crippen LogP contribution in [0.2, 0.25) is 0 Å². The van der Waals surface area contributed by atoms with Gasteiger partial charge in [-0.3, -0.25) is 4.79 Å². The molecule has 0 spiro atoms. The highest BCUT2D eigenvalue weighted by Crippen LogP contribution is 2.35. The van der Waals surface area contributed by atoms with Gasteiger partial charge in [0.2, 0.25) is 0 Å². The van der Waals surface area contributed by atoms with Crippen molar-refractivity contribution in [3.63, 3.8) is 0 Å². The Morgan fingerprint density at radius 3 is 2.85 bits per heavy atom. The van der Waals surface area contributed by atoms with Gasteiger partial charge in [-0.15, -0.1) is 0 Å². The zero-order valence-corrected chi connectivity index (χ0v) is 12.4. The van der Waals surface area contributed by atoms with E-state index in [-0.39, 0.29) is 12.3 Å². The maximum absolute atomic E-state index is 10.8. The highest BCUT2D eigenvalue weighted by atomic mass is 16.4. The summed E-state index contributed by atoms with van der Waals surface area (Å²) in [5.74, 6) is -0.773. The largest absolute Gasteiger partial charge is 0.481 e. The summed E-state index contributed by atoms with van der Waals surface area (Å²) in [6.45, 7) is 2.13. The average Bonchev–Trinajstić information content (AvgIpc) is 2.35. The van der Waals surface area contributed by atoms with Crippen molar-refractivity contribution in [1.82, 2.24) is 0 Å². The molecule has 1 fully saturated rings. The van der Waals surface area contributed by atoms with E-state index in [1.807, 2.05) is 12.2 Å². The van der Waals surface area contributed by atoms with Gasteiger partial charge in [-0.2, -0.15) is 0 Å². The Labute approximate surface area is 121 Å². The highest BCUT2D eigenvalue weighted by molar-refractivity contribution is 5.68. The third kappa shape index (κ3) is 6.53. The molecule has 0 heterocycles. The molecule has 0 bridgehead atoms. The molecule has 0 unspecified atom stereocenters. The molecule has 1 saturated carbocycles. The quantitative estimate of drug-likeness (QED) is 0.473. The molecule has 0 aliphatic heterocycles. The van der Waals surface area contributed by atoms with Gasteiger partial charge in [0.05, 0.1) is 18.1 Å². The lowest BCUT2D eigenvalue weighted by molar-refractivity contribution is -0.144. The predicted molar refractivity (Wildman–Crippen MR) is 78.4 cm³/mol. The number of aliphatic carboxylic acids is 1. The van der Waals surface area contributed by atoms with E-state index in [2.05, 4.69) is 6.92 Å². The Bertz CT molecular complexity index is 326. The van der Waals surface area contributed by atoms with E-state index in [4.69, 9.17) is 5.11 Å². The van der Waals surface area contributed by atoms with Crippen LogP contribution in [0.4, 0.5) is 0 Å². The molecular weight excluding hydrogens is 256 g/mol. The molecule has 4 heteroatoms. The number of hydrogen-bond donors (Lipinski definition) is 3. The van der Waals surface area contributed by atoms with Crippen molar-refractivity contribution in [3.8, 4) is 0 Å². The fraction of sp³-hybridized carbons (Fsp3) is 0.812. The molecular formula is C16H28O4. The smallest absolute Gasteiger partial charge is 0.306 e. The molecule has 1 aliphatic rings. The average molecular weight is 284 g/mol. The number of allylic oxidation sites excluding steroid dienone is 1. The monoisotopic (exact) mass is 284 g/mol. The predicted octanol–water partition coefficient (Wildman–Crippen LogP) is 2.88. The standard InChI is InChI=1S/C16H28O4/c1-2-3-4-7-14(17)9-8-13-6-5-10-16(20,11-13)12-15(18)19/h8-9,13-14,17,20H,2-7,10-12H2,1H3,(H,18,19)/b9-8+/t13-,14+,16+/m1/s1. The first-order valence-corrected chi connectivity index (χ1v) is 7.76. The molecule has 1 aliphatic carbocycles. The van der Waals surface area contributed by atoms with Crippen LogP contribution in [0.5, 0.6) is 0 Å². The van der Waals surface area contributed by atoms with Crippen LogP contribution in [-0.4, -0.2) is 33.0 Å². The molecule has 1 rings (SSSR count). The number of aliphatic hydroxyl groups excluding tert-OH is 1. The second-order valence-corrected chi connectivity index (χ2v) is 6.10. The van der Waals surface area contributed by atoms with Gasteiger partial charge in [0.25, 0.3) is 0 Å². The van der Waals surface area contributed by atoms with Crippen molar-refractivity contribution >= 4 is 5.97 Å². The first-order valence-electron chi connectivity index (χ1n) is 7.76. The minimum atomic E-state index is -1.08. The molecule has 3 atom stereocenters. The van der Waals surface area contributed by atoms with Gasteiger partial charge in [0.1, 0.15) is 0 Å². The molecule has 0 radical (unpaired) electrons. The summed E-state index contributed by atoms with van der Waals surface area (Å²) in [4.78, 5) is 10.8. The first kappa shape index (κ1) is 17.2. The van der Waals surface area contributed by atoms with Crippen LogP contribution in [0.25, 0.3) is 0 Å². The lowest BCUT2D eigenvalue weighted by Crippen LogP contribution is -2.37. The summed E-state index contributed by atoms with van der Waals surface area (Å²) in [6, 6.07) is 0. The third-order valence-corrected chi connectivity index (χ3v) is 4.05. The van der Waals surface area contributed by atoms with E-state index >= 15 is 0 Å². The molecule has 0 saturated heterocycles. The Morgan fingerprint density at radius 2 is 2.20 bits per heavy atom. The fourth-order valence-corrected chi connectivity index (χ4v) is 2.98. The second-order valence-electron chi connectivity index (χ2n) is 6.10. The number of hydrogen-bond acceptors (Lipinski definition) is 3. The highest BCUT2D eigenvalue weighted by Gasteiger charge is 2.35. The SMILES string of the molecule is CCCCC[C@H](O)/C=C/[C@H]1CCC[C@@](O)(CC(=O)O)C1. The molecule has 3 N–H and O–H groups in total.